The smallest absolute Gasteiger partial charge is 0.242 e. The van der Waals surface area contributed by atoms with Crippen molar-refractivity contribution >= 4 is 11.8 Å². The molecule has 2 aliphatic rings. The van der Waals surface area contributed by atoms with E-state index in [0.717, 1.165) is 62.2 Å². The Bertz CT molecular complexity index is 898. The van der Waals surface area contributed by atoms with E-state index in [-0.39, 0.29) is 30.4 Å². The van der Waals surface area contributed by atoms with Crippen molar-refractivity contribution in [3.8, 4) is 0 Å². The van der Waals surface area contributed by atoms with Gasteiger partial charge in [-0.2, -0.15) is 0 Å². The van der Waals surface area contributed by atoms with E-state index >= 15 is 0 Å². The van der Waals surface area contributed by atoms with Gasteiger partial charge in [0, 0.05) is 25.6 Å². The summed E-state index contributed by atoms with van der Waals surface area (Å²) in [6.45, 7) is 4.08. The Hall–Kier alpha value is -2.60. The first-order valence-corrected chi connectivity index (χ1v) is 12.4. The molecule has 33 heavy (non-hydrogen) atoms. The van der Waals surface area contributed by atoms with Gasteiger partial charge in [-0.15, -0.1) is 0 Å². The molecule has 1 atom stereocenters. The van der Waals surface area contributed by atoms with Crippen LogP contribution in [0.25, 0.3) is 0 Å². The molecule has 1 aromatic heterocycles. The van der Waals surface area contributed by atoms with Crippen molar-refractivity contribution < 1.29 is 18.7 Å². The summed E-state index contributed by atoms with van der Waals surface area (Å²) in [4.78, 5) is 30.6. The summed E-state index contributed by atoms with van der Waals surface area (Å²) in [5.74, 6) is 1.66. The van der Waals surface area contributed by atoms with Gasteiger partial charge in [0.25, 0.3) is 0 Å². The molecule has 1 aromatic carbocycles. The number of aryl methyl sites for hydroxylation is 1. The SMILES string of the molecule is Cc1ccc(CN(Cc2ccccc2)C(=O)CN(CC2CCCO2)C(=O)C2CCCCC2)o1. The Morgan fingerprint density at radius 1 is 0.909 bits per heavy atom. The molecule has 0 N–H and O–H groups in total. The van der Waals surface area contributed by atoms with Crippen LogP contribution in [-0.4, -0.2) is 47.4 Å². The minimum absolute atomic E-state index is 0.0284. The van der Waals surface area contributed by atoms with Crippen LogP contribution >= 0.6 is 0 Å². The third kappa shape index (κ3) is 6.70. The number of amides is 2. The van der Waals surface area contributed by atoms with Gasteiger partial charge in [0.15, 0.2) is 0 Å². The molecule has 1 saturated heterocycles. The molecule has 0 spiro atoms. The number of benzene rings is 1. The summed E-state index contributed by atoms with van der Waals surface area (Å²) >= 11 is 0. The van der Waals surface area contributed by atoms with Gasteiger partial charge >= 0.3 is 0 Å². The summed E-state index contributed by atoms with van der Waals surface area (Å²) in [6.07, 6.45) is 7.22. The van der Waals surface area contributed by atoms with Crippen molar-refractivity contribution in [3.05, 3.63) is 59.5 Å². The number of hydrogen-bond acceptors (Lipinski definition) is 4. The van der Waals surface area contributed by atoms with Gasteiger partial charge in [-0.3, -0.25) is 9.59 Å². The molecule has 6 heteroatoms. The van der Waals surface area contributed by atoms with E-state index in [1.54, 1.807) is 9.80 Å². The van der Waals surface area contributed by atoms with Gasteiger partial charge in [0.05, 0.1) is 19.2 Å². The fourth-order valence-electron chi connectivity index (χ4n) is 4.93. The van der Waals surface area contributed by atoms with Crippen LogP contribution in [0.1, 0.15) is 62.0 Å². The molecule has 6 nitrogen and oxygen atoms in total. The highest BCUT2D eigenvalue weighted by Gasteiger charge is 2.31. The van der Waals surface area contributed by atoms with Crippen molar-refractivity contribution in [2.75, 3.05) is 19.7 Å². The van der Waals surface area contributed by atoms with Gasteiger partial charge in [-0.05, 0) is 50.3 Å². The number of carbonyl (C=O) groups is 2. The van der Waals surface area contributed by atoms with E-state index in [0.29, 0.717) is 19.6 Å². The lowest BCUT2D eigenvalue weighted by molar-refractivity contribution is -0.145. The van der Waals surface area contributed by atoms with Crippen LogP contribution in [0.4, 0.5) is 0 Å². The van der Waals surface area contributed by atoms with Gasteiger partial charge < -0.3 is 19.0 Å². The average Bonchev–Trinajstić information content (AvgIpc) is 3.50. The van der Waals surface area contributed by atoms with Crippen molar-refractivity contribution in [2.45, 2.75) is 71.1 Å². The monoisotopic (exact) mass is 452 g/mol. The second-order valence-electron chi connectivity index (χ2n) is 9.44. The Kier molecular flexibility index (Phi) is 8.21. The van der Waals surface area contributed by atoms with E-state index < -0.39 is 0 Å². The van der Waals surface area contributed by atoms with E-state index in [1.165, 1.54) is 6.42 Å². The minimum Gasteiger partial charge on any atom is -0.464 e. The summed E-state index contributed by atoms with van der Waals surface area (Å²) < 4.78 is 11.6. The largest absolute Gasteiger partial charge is 0.464 e. The Balaban J connectivity index is 1.49. The second-order valence-corrected chi connectivity index (χ2v) is 9.44. The fourth-order valence-corrected chi connectivity index (χ4v) is 4.93. The molecular formula is C27H36N2O4. The first-order valence-electron chi connectivity index (χ1n) is 12.4. The summed E-state index contributed by atoms with van der Waals surface area (Å²) in [5, 5.41) is 0. The number of furan rings is 1. The first-order chi connectivity index (χ1) is 16.1. The molecule has 2 fully saturated rings. The first kappa shape index (κ1) is 23.6. The normalized spacial score (nSPS) is 18.9. The summed E-state index contributed by atoms with van der Waals surface area (Å²) in [6, 6.07) is 13.8. The topological polar surface area (TPSA) is 63.0 Å². The molecule has 1 aliphatic carbocycles. The zero-order chi connectivity index (χ0) is 23.0. The Morgan fingerprint density at radius 2 is 1.70 bits per heavy atom. The molecular weight excluding hydrogens is 416 g/mol. The van der Waals surface area contributed by atoms with Crippen LogP contribution in [0.3, 0.4) is 0 Å². The van der Waals surface area contributed by atoms with E-state index in [9.17, 15) is 9.59 Å². The number of hydrogen-bond donors (Lipinski definition) is 0. The van der Waals surface area contributed by atoms with Crippen LogP contribution in [0.5, 0.6) is 0 Å². The highest BCUT2D eigenvalue weighted by atomic mass is 16.5. The van der Waals surface area contributed by atoms with Crippen LogP contribution in [0.2, 0.25) is 0 Å². The zero-order valence-corrected chi connectivity index (χ0v) is 19.7. The molecule has 0 bridgehead atoms. The van der Waals surface area contributed by atoms with Crippen molar-refractivity contribution in [1.29, 1.82) is 0 Å². The Morgan fingerprint density at radius 3 is 2.36 bits per heavy atom. The van der Waals surface area contributed by atoms with Crippen LogP contribution in [0.15, 0.2) is 46.9 Å². The molecule has 0 radical (unpaired) electrons. The van der Waals surface area contributed by atoms with Crippen molar-refractivity contribution in [3.63, 3.8) is 0 Å². The van der Waals surface area contributed by atoms with Gasteiger partial charge in [-0.1, -0.05) is 49.6 Å². The predicted molar refractivity (Wildman–Crippen MR) is 126 cm³/mol. The number of carbonyl (C=O) groups excluding carboxylic acids is 2. The Labute approximate surface area is 196 Å². The predicted octanol–water partition coefficient (Wildman–Crippen LogP) is 4.70. The minimum atomic E-state index is -0.0601. The van der Waals surface area contributed by atoms with Gasteiger partial charge in [-0.25, -0.2) is 0 Å². The highest BCUT2D eigenvalue weighted by Crippen LogP contribution is 2.26. The molecule has 1 saturated carbocycles. The molecule has 4 rings (SSSR count). The van der Waals surface area contributed by atoms with E-state index in [2.05, 4.69) is 0 Å². The van der Waals surface area contributed by atoms with Crippen LogP contribution < -0.4 is 0 Å². The molecule has 2 aromatic rings. The fraction of sp³-hybridized carbons (Fsp3) is 0.556. The molecule has 178 valence electrons. The second kappa shape index (κ2) is 11.5. The van der Waals surface area contributed by atoms with Crippen LogP contribution in [0, 0.1) is 12.8 Å². The maximum atomic E-state index is 13.6. The number of nitrogens with zero attached hydrogens (tertiary/aromatic N) is 2. The summed E-state index contributed by atoms with van der Waals surface area (Å²) in [5.41, 5.74) is 1.05. The average molecular weight is 453 g/mol. The quantitative estimate of drug-likeness (QED) is 0.553. The van der Waals surface area contributed by atoms with Crippen molar-refractivity contribution in [1.82, 2.24) is 9.80 Å². The molecule has 1 aliphatic heterocycles. The molecule has 2 amide bonds. The van der Waals surface area contributed by atoms with Gasteiger partial charge in [0.1, 0.15) is 11.5 Å². The maximum absolute atomic E-state index is 13.6. The maximum Gasteiger partial charge on any atom is 0.242 e. The highest BCUT2D eigenvalue weighted by molar-refractivity contribution is 5.86. The lowest BCUT2D eigenvalue weighted by Crippen LogP contribution is -2.47. The third-order valence-electron chi connectivity index (χ3n) is 6.75. The number of rotatable bonds is 9. The van der Waals surface area contributed by atoms with Crippen LogP contribution in [-0.2, 0) is 27.4 Å². The molecule has 2 heterocycles. The van der Waals surface area contributed by atoms with E-state index in [4.69, 9.17) is 9.15 Å². The van der Waals surface area contributed by atoms with E-state index in [1.807, 2.05) is 49.4 Å². The standard InChI is InChI=1S/C27H36N2O4/c1-21-14-15-25(33-21)19-28(17-22-9-4-2-5-10-22)26(30)20-29(18-24-13-8-16-32-24)27(31)23-11-6-3-7-12-23/h2,4-5,9-10,14-15,23-24H,3,6-8,11-13,16-20H2,1H3. The van der Waals surface area contributed by atoms with Crippen molar-refractivity contribution in [2.24, 2.45) is 5.92 Å². The van der Waals surface area contributed by atoms with Gasteiger partial charge in [0.2, 0.25) is 11.8 Å². The third-order valence-corrected chi connectivity index (χ3v) is 6.75. The molecule has 1 unspecified atom stereocenters. The lowest BCUT2D eigenvalue weighted by Gasteiger charge is -2.32. The number of ether oxygens (including phenoxy) is 1. The zero-order valence-electron chi connectivity index (χ0n) is 19.7. The lowest BCUT2D eigenvalue weighted by atomic mass is 9.88. The summed E-state index contributed by atoms with van der Waals surface area (Å²) in [7, 11) is 0.